The lowest BCUT2D eigenvalue weighted by atomic mass is 9.73. The van der Waals surface area contributed by atoms with Crippen LogP contribution in [0, 0.1) is 0 Å². The van der Waals surface area contributed by atoms with Gasteiger partial charge in [0.2, 0.25) is 0 Å². The molecule has 2 heterocycles. The first-order valence-electron chi connectivity index (χ1n) is 7.47. The van der Waals surface area contributed by atoms with Crippen LogP contribution >= 0.6 is 11.6 Å². The number of amides is 1. The first-order chi connectivity index (χ1) is 10.7. The lowest BCUT2D eigenvalue weighted by Crippen LogP contribution is -2.50. The van der Waals surface area contributed by atoms with Crippen LogP contribution in [-0.4, -0.2) is 45.7 Å². The van der Waals surface area contributed by atoms with Crippen LogP contribution in [0.3, 0.4) is 0 Å². The Hall–Kier alpha value is -1.82. The van der Waals surface area contributed by atoms with Crippen LogP contribution in [0.15, 0.2) is 18.5 Å². The zero-order chi connectivity index (χ0) is 17.3. The number of hydrogen-bond donors (Lipinski definition) is 1. The quantitative estimate of drug-likeness (QED) is 0.894. The SMILES string of the molecule is CC(C)(C)OC(=O)N1CCC(C(=O)O)(c2cnccc2Cl)CC1. The molecule has 0 atom stereocenters. The predicted molar refractivity (Wildman–Crippen MR) is 85.6 cm³/mol. The number of carbonyl (C=O) groups is 2. The Kier molecular flexibility index (Phi) is 4.84. The molecule has 1 aliphatic heterocycles. The molecule has 0 unspecified atom stereocenters. The van der Waals surface area contributed by atoms with Crippen LogP contribution in [0.1, 0.15) is 39.2 Å². The lowest BCUT2D eigenvalue weighted by molar-refractivity contribution is -0.146. The average molecular weight is 341 g/mol. The molecule has 1 amide bonds. The zero-order valence-corrected chi connectivity index (χ0v) is 14.3. The van der Waals surface area contributed by atoms with Crippen LogP contribution in [0.5, 0.6) is 0 Å². The number of hydrogen-bond acceptors (Lipinski definition) is 4. The molecule has 0 radical (unpaired) electrons. The Morgan fingerprint density at radius 2 is 1.96 bits per heavy atom. The van der Waals surface area contributed by atoms with Crippen molar-refractivity contribution in [2.24, 2.45) is 0 Å². The van der Waals surface area contributed by atoms with E-state index >= 15 is 0 Å². The summed E-state index contributed by atoms with van der Waals surface area (Å²) < 4.78 is 5.34. The number of aliphatic carboxylic acids is 1. The van der Waals surface area contributed by atoms with Gasteiger partial charge < -0.3 is 14.7 Å². The topological polar surface area (TPSA) is 79.7 Å². The summed E-state index contributed by atoms with van der Waals surface area (Å²) in [5, 5.41) is 10.1. The molecule has 0 saturated carbocycles. The molecule has 0 spiro atoms. The standard InChI is InChI=1S/C16H21ClN2O4/c1-15(2,3)23-14(22)19-8-5-16(6-9-19,13(20)21)11-10-18-7-4-12(11)17/h4,7,10H,5-6,8-9H2,1-3H3,(H,20,21). The number of nitrogens with zero attached hydrogens (tertiary/aromatic N) is 2. The van der Waals surface area contributed by atoms with E-state index in [1.54, 1.807) is 26.8 Å². The highest BCUT2D eigenvalue weighted by atomic mass is 35.5. The van der Waals surface area contributed by atoms with Crippen LogP contribution < -0.4 is 0 Å². The minimum atomic E-state index is -1.12. The van der Waals surface area contributed by atoms with Crippen molar-refractivity contribution in [1.29, 1.82) is 0 Å². The lowest BCUT2D eigenvalue weighted by Gasteiger charge is -2.39. The second kappa shape index (κ2) is 6.35. The molecule has 1 aliphatic rings. The first kappa shape index (κ1) is 17.5. The molecule has 7 heteroatoms. The summed E-state index contributed by atoms with van der Waals surface area (Å²) in [6, 6.07) is 1.59. The van der Waals surface area contributed by atoms with Crippen molar-refractivity contribution in [1.82, 2.24) is 9.88 Å². The van der Waals surface area contributed by atoms with Crippen LogP contribution in [0.4, 0.5) is 4.79 Å². The van der Waals surface area contributed by atoms with Gasteiger partial charge in [-0.25, -0.2) is 4.79 Å². The van der Waals surface area contributed by atoms with Crippen molar-refractivity contribution in [2.75, 3.05) is 13.1 Å². The summed E-state index contributed by atoms with van der Waals surface area (Å²) >= 11 is 6.17. The Bertz CT molecular complexity index is 604. The van der Waals surface area contributed by atoms with Gasteiger partial charge in [0.25, 0.3) is 0 Å². The summed E-state index contributed by atoms with van der Waals surface area (Å²) in [6.07, 6.45) is 3.14. The number of likely N-dealkylation sites (tertiary alicyclic amines) is 1. The van der Waals surface area contributed by atoms with E-state index < -0.39 is 23.1 Å². The Labute approximate surface area is 140 Å². The third-order valence-electron chi connectivity index (χ3n) is 3.96. The van der Waals surface area contributed by atoms with Crippen molar-refractivity contribution in [3.63, 3.8) is 0 Å². The number of piperidine rings is 1. The summed E-state index contributed by atoms with van der Waals surface area (Å²) in [4.78, 5) is 29.6. The van der Waals surface area contributed by atoms with Gasteiger partial charge in [-0.15, -0.1) is 0 Å². The fourth-order valence-electron chi connectivity index (χ4n) is 2.73. The maximum atomic E-state index is 12.1. The van der Waals surface area contributed by atoms with Crippen molar-refractivity contribution >= 4 is 23.7 Å². The average Bonchev–Trinajstić information content (AvgIpc) is 2.46. The minimum Gasteiger partial charge on any atom is -0.481 e. The Morgan fingerprint density at radius 1 is 1.35 bits per heavy atom. The molecule has 6 nitrogen and oxygen atoms in total. The van der Waals surface area contributed by atoms with Gasteiger partial charge in [0.1, 0.15) is 5.60 Å². The molecule has 1 N–H and O–H groups in total. The molecule has 1 aromatic rings. The molecule has 23 heavy (non-hydrogen) atoms. The van der Waals surface area contributed by atoms with Crippen molar-refractivity contribution in [3.8, 4) is 0 Å². The van der Waals surface area contributed by atoms with E-state index in [0.29, 0.717) is 23.7 Å². The second-order valence-electron chi connectivity index (χ2n) is 6.71. The minimum absolute atomic E-state index is 0.271. The number of pyridine rings is 1. The summed E-state index contributed by atoms with van der Waals surface area (Å²) in [7, 11) is 0. The molecular formula is C16H21ClN2O4. The van der Waals surface area contributed by atoms with Gasteiger partial charge in [-0.05, 0) is 39.7 Å². The van der Waals surface area contributed by atoms with Gasteiger partial charge in [0.15, 0.2) is 0 Å². The predicted octanol–water partition coefficient (Wildman–Crippen LogP) is 3.09. The van der Waals surface area contributed by atoms with E-state index in [-0.39, 0.29) is 12.8 Å². The monoisotopic (exact) mass is 340 g/mol. The van der Waals surface area contributed by atoms with Crippen LogP contribution in [0.25, 0.3) is 0 Å². The van der Waals surface area contributed by atoms with Gasteiger partial charge in [-0.2, -0.15) is 0 Å². The van der Waals surface area contributed by atoms with E-state index in [0.717, 1.165) is 0 Å². The highest BCUT2D eigenvalue weighted by Crippen LogP contribution is 2.39. The Morgan fingerprint density at radius 3 is 2.43 bits per heavy atom. The largest absolute Gasteiger partial charge is 0.481 e. The number of halogens is 1. The van der Waals surface area contributed by atoms with E-state index in [9.17, 15) is 14.7 Å². The molecule has 1 fully saturated rings. The van der Waals surface area contributed by atoms with E-state index in [4.69, 9.17) is 16.3 Å². The van der Waals surface area contributed by atoms with Crippen molar-refractivity contribution in [3.05, 3.63) is 29.0 Å². The number of ether oxygens (including phenoxy) is 1. The maximum absolute atomic E-state index is 12.1. The third kappa shape index (κ3) is 3.75. The van der Waals surface area contributed by atoms with E-state index in [2.05, 4.69) is 4.98 Å². The highest BCUT2D eigenvalue weighted by Gasteiger charge is 2.45. The van der Waals surface area contributed by atoms with Crippen molar-refractivity contribution in [2.45, 2.75) is 44.6 Å². The number of carboxylic acids is 1. The highest BCUT2D eigenvalue weighted by molar-refractivity contribution is 6.31. The number of aromatic nitrogens is 1. The fourth-order valence-corrected chi connectivity index (χ4v) is 3.01. The molecule has 0 bridgehead atoms. The second-order valence-corrected chi connectivity index (χ2v) is 7.12. The van der Waals surface area contributed by atoms with Gasteiger partial charge in [0, 0.05) is 36.1 Å². The zero-order valence-electron chi connectivity index (χ0n) is 13.5. The number of rotatable bonds is 2. The summed E-state index contributed by atoms with van der Waals surface area (Å²) in [5.41, 5.74) is -1.20. The van der Waals surface area contributed by atoms with Crippen LogP contribution in [0.2, 0.25) is 5.02 Å². The smallest absolute Gasteiger partial charge is 0.410 e. The number of carbonyl (C=O) groups excluding carboxylic acids is 1. The molecular weight excluding hydrogens is 320 g/mol. The van der Waals surface area contributed by atoms with Gasteiger partial charge >= 0.3 is 12.1 Å². The molecule has 0 aliphatic carbocycles. The molecule has 1 saturated heterocycles. The third-order valence-corrected chi connectivity index (χ3v) is 4.29. The van der Waals surface area contributed by atoms with E-state index in [1.807, 2.05) is 0 Å². The van der Waals surface area contributed by atoms with Gasteiger partial charge in [-0.3, -0.25) is 9.78 Å². The van der Waals surface area contributed by atoms with Crippen LogP contribution in [-0.2, 0) is 14.9 Å². The molecule has 126 valence electrons. The molecule has 2 rings (SSSR count). The molecule has 1 aromatic heterocycles. The summed E-state index contributed by atoms with van der Waals surface area (Å²) in [6.45, 7) is 5.99. The number of carboxylic acid groups (broad SMARTS) is 1. The Balaban J connectivity index is 2.18. The van der Waals surface area contributed by atoms with Gasteiger partial charge in [0.05, 0.1) is 5.41 Å². The maximum Gasteiger partial charge on any atom is 0.410 e. The molecule has 0 aromatic carbocycles. The summed E-state index contributed by atoms with van der Waals surface area (Å²) in [5.74, 6) is -0.948. The van der Waals surface area contributed by atoms with Crippen molar-refractivity contribution < 1.29 is 19.4 Å². The normalized spacial score (nSPS) is 17.7. The van der Waals surface area contributed by atoms with Gasteiger partial charge in [-0.1, -0.05) is 11.6 Å². The van der Waals surface area contributed by atoms with E-state index in [1.165, 1.54) is 17.3 Å². The first-order valence-corrected chi connectivity index (χ1v) is 7.85. The fraction of sp³-hybridized carbons (Fsp3) is 0.562.